The Morgan fingerprint density at radius 2 is 2.16 bits per heavy atom. The van der Waals surface area contributed by atoms with Gasteiger partial charge in [0.05, 0.1) is 0 Å². The van der Waals surface area contributed by atoms with Gasteiger partial charge in [-0.2, -0.15) is 0 Å². The standard InChI is InChI=1S/C12H23N3O4/c1-2-15-6-4-9(8-15)7-14-12(19)13-5-3-10(16)11(17)18/h9-10,16H,2-8H2,1H3,(H,17,18)(H2,13,14,19)/t9?,10-/m0/s1. The van der Waals surface area contributed by atoms with Crippen molar-refractivity contribution >= 4 is 12.0 Å². The molecule has 0 spiro atoms. The molecular weight excluding hydrogens is 250 g/mol. The fourth-order valence-electron chi connectivity index (χ4n) is 2.11. The molecule has 1 aliphatic heterocycles. The maximum Gasteiger partial charge on any atom is 0.332 e. The van der Waals surface area contributed by atoms with Gasteiger partial charge in [0.15, 0.2) is 6.10 Å². The summed E-state index contributed by atoms with van der Waals surface area (Å²) in [6, 6.07) is -0.312. The summed E-state index contributed by atoms with van der Waals surface area (Å²) in [6.45, 7) is 6.02. The first-order chi connectivity index (χ1) is 9.02. The third kappa shape index (κ3) is 5.89. The topological polar surface area (TPSA) is 102 Å². The highest BCUT2D eigenvalue weighted by Gasteiger charge is 2.21. The quantitative estimate of drug-likeness (QED) is 0.499. The van der Waals surface area contributed by atoms with Gasteiger partial charge in [-0.3, -0.25) is 0 Å². The van der Waals surface area contributed by atoms with Gasteiger partial charge in [-0.05, 0) is 25.4 Å². The van der Waals surface area contributed by atoms with Crippen LogP contribution in [-0.4, -0.2) is 65.9 Å². The molecule has 0 saturated carbocycles. The molecule has 1 heterocycles. The lowest BCUT2D eigenvalue weighted by molar-refractivity contribution is -0.146. The summed E-state index contributed by atoms with van der Waals surface area (Å²) in [7, 11) is 0. The van der Waals surface area contributed by atoms with Gasteiger partial charge in [0, 0.05) is 26.1 Å². The molecular formula is C12H23N3O4. The van der Waals surface area contributed by atoms with E-state index in [1.54, 1.807) is 0 Å². The van der Waals surface area contributed by atoms with Crippen molar-refractivity contribution in [2.75, 3.05) is 32.7 Å². The van der Waals surface area contributed by atoms with Crippen molar-refractivity contribution in [1.29, 1.82) is 0 Å². The van der Waals surface area contributed by atoms with E-state index in [0.29, 0.717) is 12.5 Å². The van der Waals surface area contributed by atoms with Crippen molar-refractivity contribution < 1.29 is 19.8 Å². The second kappa shape index (κ2) is 7.96. The van der Waals surface area contributed by atoms with Crippen LogP contribution in [0.5, 0.6) is 0 Å². The summed E-state index contributed by atoms with van der Waals surface area (Å²) in [6.07, 6.45) is -0.324. The van der Waals surface area contributed by atoms with E-state index in [4.69, 9.17) is 10.2 Å². The largest absolute Gasteiger partial charge is 0.479 e. The fourth-order valence-corrected chi connectivity index (χ4v) is 2.11. The monoisotopic (exact) mass is 273 g/mol. The Morgan fingerprint density at radius 1 is 1.42 bits per heavy atom. The average Bonchev–Trinajstić information content (AvgIpc) is 2.84. The molecule has 1 aliphatic rings. The Hall–Kier alpha value is -1.34. The number of carboxylic acids is 1. The zero-order chi connectivity index (χ0) is 14.3. The lowest BCUT2D eigenvalue weighted by atomic mass is 10.1. The van der Waals surface area contributed by atoms with Crippen LogP contribution in [0.1, 0.15) is 19.8 Å². The summed E-state index contributed by atoms with van der Waals surface area (Å²) in [5, 5.41) is 22.8. The van der Waals surface area contributed by atoms with E-state index < -0.39 is 12.1 Å². The first-order valence-corrected chi connectivity index (χ1v) is 6.67. The predicted molar refractivity (Wildman–Crippen MR) is 69.9 cm³/mol. The van der Waals surface area contributed by atoms with Crippen molar-refractivity contribution in [1.82, 2.24) is 15.5 Å². The number of aliphatic hydroxyl groups is 1. The van der Waals surface area contributed by atoms with E-state index in [1.165, 1.54) is 0 Å². The number of carbonyl (C=O) groups is 2. The van der Waals surface area contributed by atoms with E-state index in [9.17, 15) is 9.59 Å². The van der Waals surface area contributed by atoms with Crippen LogP contribution in [0.25, 0.3) is 0 Å². The van der Waals surface area contributed by atoms with E-state index in [1.807, 2.05) is 0 Å². The summed E-state index contributed by atoms with van der Waals surface area (Å²) in [5.41, 5.74) is 0. The zero-order valence-corrected chi connectivity index (χ0v) is 11.3. The lowest BCUT2D eigenvalue weighted by Crippen LogP contribution is -2.40. The number of rotatable bonds is 7. The molecule has 1 fully saturated rings. The van der Waals surface area contributed by atoms with E-state index >= 15 is 0 Å². The van der Waals surface area contributed by atoms with Gasteiger partial charge in [-0.25, -0.2) is 9.59 Å². The van der Waals surface area contributed by atoms with Crippen LogP contribution in [0.2, 0.25) is 0 Å². The second-order valence-electron chi connectivity index (χ2n) is 4.83. The molecule has 0 aliphatic carbocycles. The van der Waals surface area contributed by atoms with Gasteiger partial charge in [0.2, 0.25) is 0 Å². The van der Waals surface area contributed by atoms with Crippen LogP contribution in [0.15, 0.2) is 0 Å². The normalized spacial score (nSPS) is 21.1. The number of aliphatic carboxylic acids is 1. The molecule has 1 saturated heterocycles. The Bertz CT molecular complexity index is 311. The Morgan fingerprint density at radius 3 is 2.74 bits per heavy atom. The Kier molecular flexibility index (Phi) is 6.58. The highest BCUT2D eigenvalue weighted by atomic mass is 16.4. The van der Waals surface area contributed by atoms with Crippen molar-refractivity contribution in [3.05, 3.63) is 0 Å². The van der Waals surface area contributed by atoms with Crippen LogP contribution >= 0.6 is 0 Å². The number of nitrogens with one attached hydrogen (secondary N) is 2. The zero-order valence-electron chi connectivity index (χ0n) is 11.3. The average molecular weight is 273 g/mol. The number of hydrogen-bond donors (Lipinski definition) is 4. The molecule has 0 bridgehead atoms. The van der Waals surface area contributed by atoms with Gasteiger partial charge in [0.25, 0.3) is 0 Å². The van der Waals surface area contributed by atoms with Gasteiger partial charge < -0.3 is 25.7 Å². The molecule has 2 atom stereocenters. The minimum atomic E-state index is -1.42. The summed E-state index contributed by atoms with van der Waals surface area (Å²) < 4.78 is 0. The highest BCUT2D eigenvalue weighted by Crippen LogP contribution is 2.14. The smallest absolute Gasteiger partial charge is 0.332 e. The van der Waals surface area contributed by atoms with Crippen LogP contribution in [-0.2, 0) is 4.79 Å². The number of nitrogens with zero attached hydrogens (tertiary/aromatic N) is 1. The fraction of sp³-hybridized carbons (Fsp3) is 0.833. The summed E-state index contributed by atoms with van der Waals surface area (Å²) in [4.78, 5) is 24.1. The summed E-state index contributed by atoms with van der Waals surface area (Å²) >= 11 is 0. The maximum absolute atomic E-state index is 11.4. The summed E-state index contributed by atoms with van der Waals surface area (Å²) in [5.74, 6) is -0.789. The Labute approximate surface area is 113 Å². The van der Waals surface area contributed by atoms with E-state index in [2.05, 4.69) is 22.5 Å². The second-order valence-corrected chi connectivity index (χ2v) is 4.83. The Balaban J connectivity index is 2.07. The number of carbonyl (C=O) groups excluding carboxylic acids is 1. The van der Waals surface area contributed by atoms with E-state index in [0.717, 1.165) is 26.1 Å². The van der Waals surface area contributed by atoms with Crippen molar-refractivity contribution in [2.24, 2.45) is 5.92 Å². The minimum absolute atomic E-state index is 0.00972. The first kappa shape index (κ1) is 15.7. The predicted octanol–water partition coefficient (Wildman–Crippen LogP) is -0.537. The van der Waals surface area contributed by atoms with Crippen LogP contribution < -0.4 is 10.6 Å². The number of likely N-dealkylation sites (tertiary alicyclic amines) is 1. The van der Waals surface area contributed by atoms with Gasteiger partial charge in [0.1, 0.15) is 0 Å². The number of amides is 2. The minimum Gasteiger partial charge on any atom is -0.479 e. The van der Waals surface area contributed by atoms with E-state index in [-0.39, 0.29) is 19.0 Å². The SMILES string of the molecule is CCN1CCC(CNC(=O)NCC[C@H](O)C(=O)O)C1. The van der Waals surface area contributed by atoms with Crippen molar-refractivity contribution in [3.8, 4) is 0 Å². The molecule has 2 amide bonds. The van der Waals surface area contributed by atoms with Crippen LogP contribution in [0, 0.1) is 5.92 Å². The molecule has 0 aromatic heterocycles. The highest BCUT2D eigenvalue weighted by molar-refractivity contribution is 5.74. The maximum atomic E-state index is 11.4. The molecule has 19 heavy (non-hydrogen) atoms. The molecule has 1 rings (SSSR count). The molecule has 0 radical (unpaired) electrons. The van der Waals surface area contributed by atoms with Gasteiger partial charge in [-0.1, -0.05) is 6.92 Å². The molecule has 110 valence electrons. The number of hydrogen-bond acceptors (Lipinski definition) is 4. The molecule has 1 unspecified atom stereocenters. The third-order valence-electron chi connectivity index (χ3n) is 3.36. The third-order valence-corrected chi connectivity index (χ3v) is 3.36. The number of urea groups is 1. The lowest BCUT2D eigenvalue weighted by Gasteiger charge is -2.14. The van der Waals surface area contributed by atoms with Crippen molar-refractivity contribution in [2.45, 2.75) is 25.9 Å². The van der Waals surface area contributed by atoms with Crippen LogP contribution in [0.4, 0.5) is 4.79 Å². The molecule has 0 aromatic carbocycles. The molecule has 7 heteroatoms. The molecule has 4 N–H and O–H groups in total. The molecule has 0 aromatic rings. The molecule has 7 nitrogen and oxygen atoms in total. The van der Waals surface area contributed by atoms with Gasteiger partial charge in [-0.15, -0.1) is 0 Å². The first-order valence-electron chi connectivity index (χ1n) is 6.67. The number of aliphatic hydroxyl groups excluding tert-OH is 1. The van der Waals surface area contributed by atoms with Crippen molar-refractivity contribution in [3.63, 3.8) is 0 Å². The van der Waals surface area contributed by atoms with Crippen LogP contribution in [0.3, 0.4) is 0 Å². The van der Waals surface area contributed by atoms with Gasteiger partial charge >= 0.3 is 12.0 Å². The number of carboxylic acid groups (broad SMARTS) is 1.